The van der Waals surface area contributed by atoms with Crippen LogP contribution in [0.1, 0.15) is 27.7 Å². The van der Waals surface area contributed by atoms with Gasteiger partial charge in [-0.05, 0) is 12.8 Å². The van der Waals surface area contributed by atoms with Gasteiger partial charge in [0.25, 0.3) is 0 Å². The minimum atomic E-state index is -0.230. The first kappa shape index (κ1) is 11.4. The molecular formula is C11H20O. The van der Waals surface area contributed by atoms with E-state index >= 15 is 0 Å². The van der Waals surface area contributed by atoms with Crippen LogP contribution in [-0.2, 0) is 0 Å². The molecule has 1 N–H and O–H groups in total. The van der Waals surface area contributed by atoms with Crippen LogP contribution in [0.5, 0.6) is 0 Å². The second kappa shape index (κ2) is 6.01. The van der Waals surface area contributed by atoms with E-state index in [-0.39, 0.29) is 12.0 Å². The maximum absolute atomic E-state index is 9.62. The molecule has 0 aromatic rings. The molecule has 0 aliphatic heterocycles. The van der Waals surface area contributed by atoms with Crippen molar-refractivity contribution < 1.29 is 5.11 Å². The second-order valence-corrected chi connectivity index (χ2v) is 3.50. The van der Waals surface area contributed by atoms with E-state index in [4.69, 9.17) is 0 Å². The SMILES string of the molecule is C/C=C/C=C/[C@@H](C)[C@H](O)C(C)C. The van der Waals surface area contributed by atoms with Gasteiger partial charge >= 0.3 is 0 Å². The van der Waals surface area contributed by atoms with Crippen molar-refractivity contribution in [2.24, 2.45) is 11.8 Å². The van der Waals surface area contributed by atoms with Gasteiger partial charge in [0.2, 0.25) is 0 Å². The van der Waals surface area contributed by atoms with Crippen molar-refractivity contribution in [3.05, 3.63) is 24.3 Å². The van der Waals surface area contributed by atoms with E-state index in [2.05, 4.69) is 0 Å². The van der Waals surface area contributed by atoms with Gasteiger partial charge in [0, 0.05) is 5.92 Å². The van der Waals surface area contributed by atoms with Crippen LogP contribution < -0.4 is 0 Å². The minimum Gasteiger partial charge on any atom is -0.392 e. The topological polar surface area (TPSA) is 20.2 Å². The van der Waals surface area contributed by atoms with E-state index in [9.17, 15) is 5.11 Å². The molecule has 0 spiro atoms. The summed E-state index contributed by atoms with van der Waals surface area (Å²) in [5.74, 6) is 0.566. The fraction of sp³-hybridized carbons (Fsp3) is 0.636. The number of hydrogen-bond acceptors (Lipinski definition) is 1. The van der Waals surface area contributed by atoms with E-state index in [1.165, 1.54) is 0 Å². The van der Waals surface area contributed by atoms with Gasteiger partial charge in [-0.3, -0.25) is 0 Å². The Bertz CT molecular complexity index is 156. The first-order valence-corrected chi connectivity index (χ1v) is 4.57. The predicted molar refractivity (Wildman–Crippen MR) is 54.0 cm³/mol. The van der Waals surface area contributed by atoms with Crippen LogP contribution in [0.2, 0.25) is 0 Å². The molecule has 0 bridgehead atoms. The van der Waals surface area contributed by atoms with Gasteiger partial charge in [-0.1, -0.05) is 45.1 Å². The largest absolute Gasteiger partial charge is 0.392 e. The molecule has 0 aromatic heterocycles. The summed E-state index contributed by atoms with van der Waals surface area (Å²) < 4.78 is 0. The monoisotopic (exact) mass is 168 g/mol. The molecule has 2 atom stereocenters. The van der Waals surface area contributed by atoms with Crippen molar-refractivity contribution in [3.8, 4) is 0 Å². The lowest BCUT2D eigenvalue weighted by molar-refractivity contribution is 0.0911. The first-order chi connectivity index (χ1) is 5.59. The molecule has 0 unspecified atom stereocenters. The molecule has 0 aromatic carbocycles. The maximum atomic E-state index is 9.62. The molecule has 0 amide bonds. The number of aliphatic hydroxyl groups is 1. The Hall–Kier alpha value is -0.560. The smallest absolute Gasteiger partial charge is 0.0623 e. The summed E-state index contributed by atoms with van der Waals surface area (Å²) in [6.07, 6.45) is 7.74. The quantitative estimate of drug-likeness (QED) is 0.640. The molecule has 1 heteroatoms. The summed E-state index contributed by atoms with van der Waals surface area (Å²) >= 11 is 0. The first-order valence-electron chi connectivity index (χ1n) is 4.57. The fourth-order valence-electron chi connectivity index (χ4n) is 1.07. The number of rotatable bonds is 4. The summed E-state index contributed by atoms with van der Waals surface area (Å²) in [5, 5.41) is 9.62. The van der Waals surface area contributed by atoms with Crippen LogP contribution in [0.25, 0.3) is 0 Å². The zero-order chi connectivity index (χ0) is 9.56. The van der Waals surface area contributed by atoms with Crippen LogP contribution in [0, 0.1) is 11.8 Å². The minimum absolute atomic E-state index is 0.230. The Morgan fingerprint density at radius 2 is 1.67 bits per heavy atom. The van der Waals surface area contributed by atoms with Crippen molar-refractivity contribution in [1.82, 2.24) is 0 Å². The highest BCUT2D eigenvalue weighted by Crippen LogP contribution is 2.13. The van der Waals surface area contributed by atoms with Crippen LogP contribution >= 0.6 is 0 Å². The molecule has 0 saturated carbocycles. The van der Waals surface area contributed by atoms with Gasteiger partial charge in [-0.15, -0.1) is 0 Å². The standard InChI is InChI=1S/C11H20O/c1-5-6-7-8-10(4)11(12)9(2)3/h5-12H,1-4H3/b6-5+,8-7+/t10-,11-/m1/s1. The van der Waals surface area contributed by atoms with E-state index in [0.717, 1.165) is 0 Å². The molecule has 70 valence electrons. The summed E-state index contributed by atoms with van der Waals surface area (Å²) in [7, 11) is 0. The average molecular weight is 168 g/mol. The third kappa shape index (κ3) is 4.35. The summed E-state index contributed by atoms with van der Waals surface area (Å²) in [6.45, 7) is 8.08. The molecule has 0 rings (SSSR count). The van der Waals surface area contributed by atoms with Gasteiger partial charge in [-0.2, -0.15) is 0 Å². The lowest BCUT2D eigenvalue weighted by Crippen LogP contribution is -2.21. The summed E-state index contributed by atoms with van der Waals surface area (Å²) in [5.41, 5.74) is 0. The lowest BCUT2D eigenvalue weighted by Gasteiger charge is -2.18. The van der Waals surface area contributed by atoms with Crippen LogP contribution in [0.15, 0.2) is 24.3 Å². The van der Waals surface area contributed by atoms with E-state index in [1.807, 2.05) is 52.0 Å². The van der Waals surface area contributed by atoms with E-state index < -0.39 is 0 Å². The predicted octanol–water partition coefficient (Wildman–Crippen LogP) is 2.77. The van der Waals surface area contributed by atoms with Crippen molar-refractivity contribution in [2.75, 3.05) is 0 Å². The third-order valence-corrected chi connectivity index (χ3v) is 1.94. The van der Waals surface area contributed by atoms with Crippen LogP contribution in [0.4, 0.5) is 0 Å². The summed E-state index contributed by atoms with van der Waals surface area (Å²) in [6, 6.07) is 0. The molecule has 0 aliphatic carbocycles. The van der Waals surface area contributed by atoms with Crippen molar-refractivity contribution in [2.45, 2.75) is 33.8 Å². The Labute approximate surface area is 75.8 Å². The lowest BCUT2D eigenvalue weighted by atomic mass is 9.94. The highest BCUT2D eigenvalue weighted by molar-refractivity contribution is 5.03. The molecule has 0 fully saturated rings. The molecule has 12 heavy (non-hydrogen) atoms. The maximum Gasteiger partial charge on any atom is 0.0623 e. The second-order valence-electron chi connectivity index (χ2n) is 3.50. The van der Waals surface area contributed by atoms with Gasteiger partial charge in [0.1, 0.15) is 0 Å². The number of hydrogen-bond donors (Lipinski definition) is 1. The molecular weight excluding hydrogens is 148 g/mol. The van der Waals surface area contributed by atoms with Gasteiger partial charge in [0.05, 0.1) is 6.10 Å². The molecule has 0 aliphatic rings. The van der Waals surface area contributed by atoms with E-state index in [0.29, 0.717) is 5.92 Å². The number of aliphatic hydroxyl groups excluding tert-OH is 1. The molecule has 1 nitrogen and oxygen atoms in total. The van der Waals surface area contributed by atoms with Crippen molar-refractivity contribution in [3.63, 3.8) is 0 Å². The van der Waals surface area contributed by atoms with E-state index in [1.54, 1.807) is 0 Å². The van der Waals surface area contributed by atoms with Crippen LogP contribution in [0.3, 0.4) is 0 Å². The van der Waals surface area contributed by atoms with Crippen LogP contribution in [-0.4, -0.2) is 11.2 Å². The third-order valence-electron chi connectivity index (χ3n) is 1.94. The molecule has 0 saturated heterocycles. The molecule has 0 radical (unpaired) electrons. The van der Waals surface area contributed by atoms with Gasteiger partial charge in [0.15, 0.2) is 0 Å². The highest BCUT2D eigenvalue weighted by atomic mass is 16.3. The van der Waals surface area contributed by atoms with Crippen molar-refractivity contribution >= 4 is 0 Å². The summed E-state index contributed by atoms with van der Waals surface area (Å²) in [4.78, 5) is 0. The van der Waals surface area contributed by atoms with Crippen molar-refractivity contribution in [1.29, 1.82) is 0 Å². The Balaban J connectivity index is 3.93. The Morgan fingerprint density at radius 1 is 1.08 bits per heavy atom. The number of allylic oxidation sites excluding steroid dienone is 3. The van der Waals surface area contributed by atoms with Gasteiger partial charge < -0.3 is 5.11 Å². The zero-order valence-electron chi connectivity index (χ0n) is 8.49. The fourth-order valence-corrected chi connectivity index (χ4v) is 1.07. The molecule has 0 heterocycles. The Kier molecular flexibility index (Phi) is 5.73. The Morgan fingerprint density at radius 3 is 2.08 bits per heavy atom. The van der Waals surface area contributed by atoms with Gasteiger partial charge in [-0.25, -0.2) is 0 Å². The normalized spacial score (nSPS) is 17.8. The zero-order valence-corrected chi connectivity index (χ0v) is 8.49. The highest BCUT2D eigenvalue weighted by Gasteiger charge is 2.14. The average Bonchev–Trinajstić information content (AvgIpc) is 2.03.